The zero-order valence-corrected chi connectivity index (χ0v) is 7.34. The molecule has 0 bridgehead atoms. The normalized spacial score (nSPS) is 10.9. The number of nitrogens with one attached hydrogen (secondary N) is 1. The smallest absolute Gasteiger partial charge is 0.555 e. The lowest BCUT2D eigenvalue weighted by Gasteiger charge is -2.09. The minimum Gasteiger partial charge on any atom is -0.555 e. The molecule has 2 radical (unpaired) electrons. The van der Waals surface area contributed by atoms with Gasteiger partial charge < -0.3 is 9.39 Å². The molecule has 0 aromatic heterocycles. The van der Waals surface area contributed by atoms with E-state index in [2.05, 4.69) is 9.39 Å². The second-order valence-corrected chi connectivity index (χ2v) is 2.52. The summed E-state index contributed by atoms with van der Waals surface area (Å²) in [4.78, 5) is 0. The van der Waals surface area contributed by atoms with Crippen LogP contribution in [0.25, 0.3) is 0 Å². The molecule has 0 saturated heterocycles. The van der Waals surface area contributed by atoms with Crippen LogP contribution >= 0.6 is 0 Å². The van der Waals surface area contributed by atoms with Crippen LogP contribution in [0.15, 0.2) is 24.3 Å². The predicted octanol–water partition coefficient (Wildman–Crippen LogP) is 2.01. The van der Waals surface area contributed by atoms with Gasteiger partial charge in [0.05, 0.1) is 0 Å². The summed E-state index contributed by atoms with van der Waals surface area (Å²) in [6.45, 7) is 0. The van der Waals surface area contributed by atoms with E-state index in [0.29, 0.717) is 0 Å². The molecule has 0 saturated carbocycles. The first kappa shape index (κ1) is 11.4. The number of alkyl halides is 3. The maximum absolute atomic E-state index is 11.8. The van der Waals surface area contributed by atoms with Gasteiger partial charge in [0, 0.05) is 5.56 Å². The molecular weight excluding hydrogens is 210 g/mol. The molecule has 0 heterocycles. The van der Waals surface area contributed by atoms with E-state index in [0.717, 1.165) is 12.1 Å². The molecule has 0 amide bonds. The van der Waals surface area contributed by atoms with E-state index in [1.807, 2.05) is 0 Å². The molecule has 0 unspecified atom stereocenters. The van der Waals surface area contributed by atoms with Crippen LogP contribution in [-0.2, 0) is 4.65 Å². The third-order valence-electron chi connectivity index (χ3n) is 1.47. The molecule has 0 fully saturated rings. The van der Waals surface area contributed by atoms with Gasteiger partial charge in [0.25, 0.3) is 0 Å². The average Bonchev–Trinajstić information content (AvgIpc) is 2.15. The van der Waals surface area contributed by atoms with E-state index in [1.165, 1.54) is 12.1 Å². The third-order valence-corrected chi connectivity index (χ3v) is 1.47. The van der Waals surface area contributed by atoms with E-state index in [9.17, 15) is 13.2 Å². The van der Waals surface area contributed by atoms with Crippen molar-refractivity contribution in [3.05, 3.63) is 29.8 Å². The zero-order chi connectivity index (χ0) is 11.5. The highest BCUT2D eigenvalue weighted by atomic mass is 19.4. The van der Waals surface area contributed by atoms with Crippen molar-refractivity contribution in [3.63, 3.8) is 0 Å². The molecular formula is C8H5BF3NO2. The van der Waals surface area contributed by atoms with E-state index in [-0.39, 0.29) is 17.2 Å². The lowest BCUT2D eigenvalue weighted by atomic mass is 10.2. The van der Waals surface area contributed by atoms with Gasteiger partial charge in [0.2, 0.25) is 0 Å². The fourth-order valence-corrected chi connectivity index (χ4v) is 0.876. The predicted molar refractivity (Wildman–Crippen MR) is 46.8 cm³/mol. The van der Waals surface area contributed by atoms with E-state index >= 15 is 0 Å². The lowest BCUT2D eigenvalue weighted by molar-refractivity contribution is -0.274. The van der Waals surface area contributed by atoms with Crippen LogP contribution in [0.1, 0.15) is 5.56 Å². The fraction of sp³-hybridized carbons (Fsp3) is 0.125. The van der Waals surface area contributed by atoms with Gasteiger partial charge in [-0.3, -0.25) is 5.41 Å². The Morgan fingerprint density at radius 1 is 1.20 bits per heavy atom. The Bertz CT molecular complexity index is 350. The first-order valence-electron chi connectivity index (χ1n) is 3.74. The molecule has 3 nitrogen and oxygen atoms in total. The van der Waals surface area contributed by atoms with Crippen molar-refractivity contribution >= 4 is 13.9 Å². The van der Waals surface area contributed by atoms with Crippen LogP contribution in [0.3, 0.4) is 0 Å². The van der Waals surface area contributed by atoms with Crippen molar-refractivity contribution in [2.75, 3.05) is 0 Å². The summed E-state index contributed by atoms with van der Waals surface area (Å²) in [6.07, 6.45) is -4.72. The van der Waals surface area contributed by atoms with E-state index in [1.54, 1.807) is 0 Å². The van der Waals surface area contributed by atoms with Crippen LogP contribution in [-0.4, -0.2) is 20.3 Å². The van der Waals surface area contributed by atoms with Gasteiger partial charge in [0.15, 0.2) is 5.90 Å². The fourth-order valence-electron chi connectivity index (χ4n) is 0.876. The van der Waals surface area contributed by atoms with Gasteiger partial charge in [-0.15, -0.1) is 13.2 Å². The molecule has 15 heavy (non-hydrogen) atoms. The number of halogens is 3. The quantitative estimate of drug-likeness (QED) is 0.465. The summed E-state index contributed by atoms with van der Waals surface area (Å²) >= 11 is 0. The second-order valence-electron chi connectivity index (χ2n) is 2.52. The summed E-state index contributed by atoms with van der Waals surface area (Å²) < 4.78 is 43.0. The molecule has 1 aromatic carbocycles. The first-order chi connectivity index (χ1) is 6.92. The molecule has 0 atom stereocenters. The van der Waals surface area contributed by atoms with Gasteiger partial charge in [-0.25, -0.2) is 0 Å². The molecule has 0 aliphatic rings. The Hall–Kier alpha value is -1.66. The Kier molecular flexibility index (Phi) is 3.23. The van der Waals surface area contributed by atoms with Crippen LogP contribution in [0.2, 0.25) is 0 Å². The summed E-state index contributed by atoms with van der Waals surface area (Å²) in [5.41, 5.74) is 0.257. The van der Waals surface area contributed by atoms with Gasteiger partial charge in [-0.1, -0.05) is 0 Å². The number of ether oxygens (including phenoxy) is 1. The van der Waals surface area contributed by atoms with Crippen molar-refractivity contribution in [2.45, 2.75) is 6.36 Å². The summed E-state index contributed by atoms with van der Waals surface area (Å²) in [5.74, 6) is -0.704. The van der Waals surface area contributed by atoms with E-state index in [4.69, 9.17) is 13.5 Å². The van der Waals surface area contributed by atoms with Crippen molar-refractivity contribution < 1.29 is 22.6 Å². The number of hydrogen-bond donors (Lipinski definition) is 1. The SMILES string of the molecule is [B]OC(=N)c1ccc(OC(F)(F)F)cc1. The molecule has 1 aromatic rings. The topological polar surface area (TPSA) is 42.3 Å². The Balaban J connectivity index is 2.77. The van der Waals surface area contributed by atoms with Crippen LogP contribution in [0.4, 0.5) is 13.2 Å². The molecule has 0 spiro atoms. The average molecular weight is 215 g/mol. The summed E-state index contributed by atoms with van der Waals surface area (Å²) in [7, 11) is 4.71. The van der Waals surface area contributed by atoms with Crippen LogP contribution in [0, 0.1) is 5.41 Å². The number of rotatable bonds is 2. The Labute approximate surface area is 84.8 Å². The van der Waals surface area contributed by atoms with Crippen molar-refractivity contribution in [2.24, 2.45) is 0 Å². The van der Waals surface area contributed by atoms with Crippen LogP contribution in [0.5, 0.6) is 5.75 Å². The number of benzene rings is 1. The van der Waals surface area contributed by atoms with Crippen molar-refractivity contribution in [3.8, 4) is 5.75 Å². The first-order valence-corrected chi connectivity index (χ1v) is 3.74. The van der Waals surface area contributed by atoms with Gasteiger partial charge >= 0.3 is 14.4 Å². The molecule has 1 rings (SSSR count). The third kappa shape index (κ3) is 3.53. The Morgan fingerprint density at radius 3 is 2.13 bits per heavy atom. The number of hydrogen-bond acceptors (Lipinski definition) is 3. The highest BCUT2D eigenvalue weighted by Gasteiger charge is 2.30. The van der Waals surface area contributed by atoms with E-state index < -0.39 is 6.36 Å². The zero-order valence-electron chi connectivity index (χ0n) is 7.34. The monoisotopic (exact) mass is 215 g/mol. The highest BCUT2D eigenvalue weighted by Crippen LogP contribution is 2.22. The molecule has 0 aliphatic carbocycles. The van der Waals surface area contributed by atoms with Gasteiger partial charge in [-0.05, 0) is 24.3 Å². The molecule has 7 heteroatoms. The Morgan fingerprint density at radius 2 is 1.73 bits per heavy atom. The standard InChI is InChI=1S/C8H5BF3NO2/c9-15-7(13)5-1-3-6(4-2-5)14-8(10,11)12/h1-4,13H. The van der Waals surface area contributed by atoms with Crippen molar-refractivity contribution in [1.29, 1.82) is 5.41 Å². The molecule has 0 aliphatic heterocycles. The van der Waals surface area contributed by atoms with Crippen molar-refractivity contribution in [1.82, 2.24) is 0 Å². The minimum absolute atomic E-state index is 0.257. The largest absolute Gasteiger partial charge is 0.573 e. The lowest BCUT2D eigenvalue weighted by Crippen LogP contribution is -2.17. The highest BCUT2D eigenvalue weighted by molar-refractivity contribution is 6.10. The molecule has 1 N–H and O–H groups in total. The second kappa shape index (κ2) is 4.25. The summed E-state index contributed by atoms with van der Waals surface area (Å²) in [5, 5.41) is 7.12. The minimum atomic E-state index is -4.72. The maximum Gasteiger partial charge on any atom is 0.573 e. The molecule has 78 valence electrons. The summed E-state index contributed by atoms with van der Waals surface area (Å²) in [6, 6.07) is 4.60. The maximum atomic E-state index is 11.8. The van der Waals surface area contributed by atoms with Gasteiger partial charge in [-0.2, -0.15) is 0 Å². The van der Waals surface area contributed by atoms with Gasteiger partial charge in [0.1, 0.15) is 5.75 Å². The van der Waals surface area contributed by atoms with Crippen LogP contribution < -0.4 is 4.74 Å².